The second-order valence-corrected chi connectivity index (χ2v) is 10.6. The zero-order valence-corrected chi connectivity index (χ0v) is 23.8. The molecule has 0 saturated heterocycles. The van der Waals surface area contributed by atoms with E-state index >= 15 is 0 Å². The highest BCUT2D eigenvalue weighted by molar-refractivity contribution is 8.03. The molecule has 1 aliphatic heterocycles. The number of nitriles is 1. The van der Waals surface area contributed by atoms with Crippen LogP contribution in [0.3, 0.4) is 0 Å². The number of thioether (sulfide) groups is 1. The Balaban J connectivity index is 1.53. The SMILES string of the molecule is CCOC(=O)C1=C(c2ccccc2)NC(SCC(=O)Nc2cccc3ccccc23)=C(C#N)C1c1ccccc1Cl. The van der Waals surface area contributed by atoms with Crippen LogP contribution in [-0.2, 0) is 14.3 Å². The normalized spacial score (nSPS) is 14.8. The number of fused-ring (bicyclic) bond motifs is 1. The molecule has 0 aromatic heterocycles. The molecule has 4 aromatic rings. The first kappa shape index (κ1) is 28.0. The average molecular weight is 580 g/mol. The topological polar surface area (TPSA) is 91.2 Å². The summed E-state index contributed by atoms with van der Waals surface area (Å²) in [4.78, 5) is 26.6. The van der Waals surface area contributed by atoms with Crippen LogP contribution < -0.4 is 10.6 Å². The third kappa shape index (κ3) is 5.99. The molecular weight excluding hydrogens is 554 g/mol. The van der Waals surface area contributed by atoms with Crippen LogP contribution in [0.2, 0.25) is 5.02 Å². The smallest absolute Gasteiger partial charge is 0.337 e. The molecule has 0 aliphatic carbocycles. The first-order chi connectivity index (χ1) is 20.0. The van der Waals surface area contributed by atoms with E-state index in [0.717, 1.165) is 16.3 Å². The van der Waals surface area contributed by atoms with Gasteiger partial charge in [-0.15, -0.1) is 0 Å². The molecule has 0 radical (unpaired) electrons. The number of benzene rings is 4. The third-order valence-corrected chi connectivity index (χ3v) is 8.00. The van der Waals surface area contributed by atoms with Crippen LogP contribution in [0.4, 0.5) is 5.69 Å². The lowest BCUT2D eigenvalue weighted by Crippen LogP contribution is -2.30. The number of halogens is 1. The molecular formula is C33H26ClN3O3S. The minimum atomic E-state index is -0.798. The van der Waals surface area contributed by atoms with Crippen molar-refractivity contribution in [2.24, 2.45) is 0 Å². The van der Waals surface area contributed by atoms with Gasteiger partial charge in [-0.1, -0.05) is 108 Å². The Bertz CT molecular complexity index is 1720. The molecule has 1 amide bonds. The molecule has 2 N–H and O–H groups in total. The molecule has 204 valence electrons. The standard InChI is InChI=1S/C33H26ClN3O3S/c1-2-40-33(39)30-29(24-16-8-9-17-26(24)34)25(19-35)32(37-31(30)22-12-4-3-5-13-22)41-20-28(38)36-27-18-10-14-21-11-6-7-15-23(21)27/h3-18,29,37H,2,20H2,1H3,(H,36,38). The summed E-state index contributed by atoms with van der Waals surface area (Å²) < 4.78 is 5.47. The van der Waals surface area contributed by atoms with Gasteiger partial charge in [0.15, 0.2) is 0 Å². The highest BCUT2D eigenvalue weighted by Gasteiger charge is 2.38. The number of allylic oxidation sites excluding steroid dienone is 1. The minimum absolute atomic E-state index is 0.0305. The van der Waals surface area contributed by atoms with E-state index in [2.05, 4.69) is 16.7 Å². The predicted molar refractivity (Wildman–Crippen MR) is 165 cm³/mol. The number of rotatable bonds is 8. The van der Waals surface area contributed by atoms with Gasteiger partial charge in [-0.2, -0.15) is 5.26 Å². The van der Waals surface area contributed by atoms with Crippen LogP contribution in [-0.4, -0.2) is 24.2 Å². The van der Waals surface area contributed by atoms with Gasteiger partial charge in [0.2, 0.25) is 5.91 Å². The molecule has 8 heteroatoms. The number of dihydropyridines is 1. The summed E-state index contributed by atoms with van der Waals surface area (Å²) in [6.07, 6.45) is 0. The third-order valence-electron chi connectivity index (χ3n) is 6.64. The Morgan fingerprint density at radius 1 is 0.976 bits per heavy atom. The molecule has 1 aliphatic rings. The van der Waals surface area contributed by atoms with Crippen LogP contribution in [0.1, 0.15) is 24.0 Å². The zero-order valence-electron chi connectivity index (χ0n) is 22.2. The lowest BCUT2D eigenvalue weighted by molar-refractivity contribution is -0.138. The van der Waals surface area contributed by atoms with E-state index in [1.54, 1.807) is 25.1 Å². The first-order valence-corrected chi connectivity index (χ1v) is 14.4. The van der Waals surface area contributed by atoms with Gasteiger partial charge in [0.05, 0.1) is 46.2 Å². The van der Waals surface area contributed by atoms with Gasteiger partial charge in [0.25, 0.3) is 0 Å². The summed E-state index contributed by atoms with van der Waals surface area (Å²) in [5.74, 6) is -1.54. The highest BCUT2D eigenvalue weighted by atomic mass is 35.5. The summed E-state index contributed by atoms with van der Waals surface area (Å²) in [6, 6.07) is 32.3. The van der Waals surface area contributed by atoms with Crippen molar-refractivity contribution in [2.45, 2.75) is 12.8 Å². The van der Waals surface area contributed by atoms with E-state index in [9.17, 15) is 14.9 Å². The van der Waals surface area contributed by atoms with E-state index in [-0.39, 0.29) is 29.4 Å². The van der Waals surface area contributed by atoms with E-state index < -0.39 is 11.9 Å². The number of esters is 1. The number of carbonyl (C=O) groups is 2. The number of nitrogens with zero attached hydrogens (tertiary/aromatic N) is 1. The Morgan fingerprint density at radius 3 is 2.44 bits per heavy atom. The highest BCUT2D eigenvalue weighted by Crippen LogP contribution is 2.45. The van der Waals surface area contributed by atoms with Crippen LogP contribution >= 0.6 is 23.4 Å². The van der Waals surface area contributed by atoms with Crippen molar-refractivity contribution in [1.82, 2.24) is 5.32 Å². The van der Waals surface area contributed by atoms with Crippen molar-refractivity contribution in [1.29, 1.82) is 5.26 Å². The fourth-order valence-electron chi connectivity index (χ4n) is 4.84. The maximum Gasteiger partial charge on any atom is 0.337 e. The first-order valence-electron chi connectivity index (χ1n) is 13.0. The van der Waals surface area contributed by atoms with Crippen molar-refractivity contribution in [3.05, 3.63) is 129 Å². The van der Waals surface area contributed by atoms with E-state index in [1.165, 1.54) is 11.8 Å². The van der Waals surface area contributed by atoms with Crippen molar-refractivity contribution in [3.8, 4) is 6.07 Å². The number of nitrogens with one attached hydrogen (secondary N) is 2. The Labute approximate surface area is 247 Å². The number of hydrogen-bond donors (Lipinski definition) is 2. The van der Waals surface area contributed by atoms with Crippen LogP contribution in [0.25, 0.3) is 16.5 Å². The Hall–Kier alpha value is -4.51. The fourth-order valence-corrected chi connectivity index (χ4v) is 5.92. The molecule has 0 spiro atoms. The lowest BCUT2D eigenvalue weighted by Gasteiger charge is -2.31. The van der Waals surface area contributed by atoms with Crippen molar-refractivity contribution >= 4 is 57.4 Å². The number of carbonyl (C=O) groups excluding carboxylic acids is 2. The van der Waals surface area contributed by atoms with Gasteiger partial charge in [-0.25, -0.2) is 4.79 Å². The molecule has 6 nitrogen and oxygen atoms in total. The molecule has 1 atom stereocenters. The predicted octanol–water partition coefficient (Wildman–Crippen LogP) is 7.26. The van der Waals surface area contributed by atoms with Gasteiger partial charge in [-0.3, -0.25) is 4.79 Å². The maximum absolute atomic E-state index is 13.5. The lowest BCUT2D eigenvalue weighted by atomic mass is 9.81. The number of ether oxygens (including phenoxy) is 1. The monoisotopic (exact) mass is 579 g/mol. The van der Waals surface area contributed by atoms with Crippen LogP contribution in [0.15, 0.2) is 113 Å². The second kappa shape index (κ2) is 12.8. The molecule has 5 rings (SSSR count). The Morgan fingerprint density at radius 2 is 1.68 bits per heavy atom. The minimum Gasteiger partial charge on any atom is -0.463 e. The average Bonchev–Trinajstić information content (AvgIpc) is 3.00. The molecule has 0 fully saturated rings. The second-order valence-electron chi connectivity index (χ2n) is 9.17. The molecule has 4 aromatic carbocycles. The van der Waals surface area contributed by atoms with E-state index in [4.69, 9.17) is 16.3 Å². The number of anilines is 1. The van der Waals surface area contributed by atoms with Crippen LogP contribution in [0.5, 0.6) is 0 Å². The number of amides is 1. The molecule has 1 unspecified atom stereocenters. The van der Waals surface area contributed by atoms with Crippen molar-refractivity contribution in [3.63, 3.8) is 0 Å². The van der Waals surface area contributed by atoms with Gasteiger partial charge in [0.1, 0.15) is 0 Å². The van der Waals surface area contributed by atoms with Crippen molar-refractivity contribution in [2.75, 3.05) is 17.7 Å². The van der Waals surface area contributed by atoms with Gasteiger partial charge < -0.3 is 15.4 Å². The molecule has 0 saturated carbocycles. The summed E-state index contributed by atoms with van der Waals surface area (Å²) >= 11 is 7.83. The summed E-state index contributed by atoms with van der Waals surface area (Å²) in [6.45, 7) is 1.90. The summed E-state index contributed by atoms with van der Waals surface area (Å²) in [5.41, 5.74) is 3.12. The van der Waals surface area contributed by atoms with Gasteiger partial charge >= 0.3 is 5.97 Å². The maximum atomic E-state index is 13.5. The number of hydrogen-bond acceptors (Lipinski definition) is 6. The Kier molecular flexibility index (Phi) is 8.73. The summed E-state index contributed by atoms with van der Waals surface area (Å²) in [5, 5.41) is 19.6. The van der Waals surface area contributed by atoms with Crippen LogP contribution in [0, 0.1) is 11.3 Å². The van der Waals surface area contributed by atoms with E-state index in [1.807, 2.05) is 78.9 Å². The fraction of sp³-hybridized carbons (Fsp3) is 0.121. The van der Waals surface area contributed by atoms with E-state index in [0.29, 0.717) is 27.0 Å². The van der Waals surface area contributed by atoms with Crippen molar-refractivity contribution < 1.29 is 14.3 Å². The molecule has 0 bridgehead atoms. The molecule has 41 heavy (non-hydrogen) atoms. The van der Waals surface area contributed by atoms with Gasteiger partial charge in [-0.05, 0) is 35.6 Å². The quantitative estimate of drug-likeness (QED) is 0.213. The largest absolute Gasteiger partial charge is 0.463 e. The summed E-state index contributed by atoms with van der Waals surface area (Å²) in [7, 11) is 0. The zero-order chi connectivity index (χ0) is 28.8. The molecule has 1 heterocycles. The van der Waals surface area contributed by atoms with Gasteiger partial charge in [0, 0.05) is 16.1 Å².